The van der Waals surface area contributed by atoms with E-state index < -0.39 is 0 Å². The van der Waals surface area contributed by atoms with Gasteiger partial charge in [-0.2, -0.15) is 0 Å². The van der Waals surface area contributed by atoms with Gasteiger partial charge in [0.25, 0.3) is 5.56 Å². The predicted octanol–water partition coefficient (Wildman–Crippen LogP) is 1.55. The third kappa shape index (κ3) is 1.73. The zero-order valence-electron chi connectivity index (χ0n) is 8.66. The van der Waals surface area contributed by atoms with Crippen LogP contribution in [0.3, 0.4) is 0 Å². The summed E-state index contributed by atoms with van der Waals surface area (Å²) in [6.07, 6.45) is 1.76. The van der Waals surface area contributed by atoms with Gasteiger partial charge in [-0.25, -0.2) is 0 Å². The molecule has 3 aromatic heterocycles. The summed E-state index contributed by atoms with van der Waals surface area (Å²) in [4.78, 5) is 12.1. The molecule has 0 spiro atoms. The highest BCUT2D eigenvalue weighted by Crippen LogP contribution is 2.17. The van der Waals surface area contributed by atoms with Crippen LogP contribution in [0.5, 0.6) is 0 Å². The number of hydrogen-bond acceptors (Lipinski definition) is 6. The van der Waals surface area contributed by atoms with Crippen LogP contribution in [0.2, 0.25) is 0 Å². The Bertz CT molecular complexity index is 727. The summed E-state index contributed by atoms with van der Waals surface area (Å²) in [5, 5.41) is 7.11. The van der Waals surface area contributed by atoms with Gasteiger partial charge in [0.15, 0.2) is 0 Å². The Kier molecular flexibility index (Phi) is 2.41. The summed E-state index contributed by atoms with van der Waals surface area (Å²) in [5.41, 5.74) is 6.34. The second kappa shape index (κ2) is 3.94. The van der Waals surface area contributed by atoms with Gasteiger partial charge in [0.2, 0.25) is 0 Å². The van der Waals surface area contributed by atoms with Gasteiger partial charge in [-0.1, -0.05) is 4.49 Å². The van der Waals surface area contributed by atoms with Crippen molar-refractivity contribution in [2.75, 3.05) is 5.73 Å². The van der Waals surface area contributed by atoms with Gasteiger partial charge in [-0.05, 0) is 17.5 Å². The van der Waals surface area contributed by atoms with E-state index in [0.29, 0.717) is 17.2 Å². The SMILES string of the molecule is Nc1snnc1Cn1ccc2sccc2c1=O. The lowest BCUT2D eigenvalue weighted by Crippen LogP contribution is -2.20. The molecule has 3 heterocycles. The molecule has 0 saturated heterocycles. The lowest BCUT2D eigenvalue weighted by Gasteiger charge is -2.03. The van der Waals surface area contributed by atoms with Crippen molar-refractivity contribution in [3.8, 4) is 0 Å². The van der Waals surface area contributed by atoms with E-state index >= 15 is 0 Å². The van der Waals surface area contributed by atoms with Crippen molar-refractivity contribution in [2.45, 2.75) is 6.54 Å². The van der Waals surface area contributed by atoms with Crippen LogP contribution in [0.25, 0.3) is 10.1 Å². The number of anilines is 1. The van der Waals surface area contributed by atoms with Crippen LogP contribution in [-0.2, 0) is 6.54 Å². The number of nitrogens with zero attached hydrogens (tertiary/aromatic N) is 3. The number of pyridine rings is 1. The molecule has 3 aromatic rings. The predicted molar refractivity (Wildman–Crippen MR) is 69.5 cm³/mol. The zero-order valence-corrected chi connectivity index (χ0v) is 10.3. The van der Waals surface area contributed by atoms with Crippen LogP contribution in [-0.4, -0.2) is 14.2 Å². The first kappa shape index (κ1) is 10.4. The number of aromatic nitrogens is 3. The molecule has 0 aliphatic heterocycles. The smallest absolute Gasteiger partial charge is 0.259 e. The van der Waals surface area contributed by atoms with Crippen molar-refractivity contribution in [1.82, 2.24) is 14.2 Å². The molecule has 17 heavy (non-hydrogen) atoms. The van der Waals surface area contributed by atoms with E-state index in [1.165, 1.54) is 0 Å². The normalized spacial score (nSPS) is 11.1. The number of nitrogen functional groups attached to an aromatic ring is 1. The molecule has 0 aliphatic rings. The first-order chi connectivity index (χ1) is 8.25. The molecule has 0 aliphatic carbocycles. The topological polar surface area (TPSA) is 73.8 Å². The molecule has 0 aromatic carbocycles. The Labute approximate surface area is 104 Å². The minimum Gasteiger partial charge on any atom is -0.388 e. The van der Waals surface area contributed by atoms with Gasteiger partial charge in [-0.15, -0.1) is 16.4 Å². The Hall–Kier alpha value is -1.73. The Morgan fingerprint density at radius 1 is 1.41 bits per heavy atom. The lowest BCUT2D eigenvalue weighted by molar-refractivity contribution is 0.745. The average molecular weight is 264 g/mol. The maximum Gasteiger partial charge on any atom is 0.259 e. The van der Waals surface area contributed by atoms with Crippen LogP contribution in [0, 0.1) is 0 Å². The van der Waals surface area contributed by atoms with Crippen molar-refractivity contribution in [3.63, 3.8) is 0 Å². The van der Waals surface area contributed by atoms with Gasteiger partial charge in [-0.3, -0.25) is 4.79 Å². The molecule has 0 fully saturated rings. The highest BCUT2D eigenvalue weighted by molar-refractivity contribution is 7.17. The molecule has 86 valence electrons. The molecular weight excluding hydrogens is 256 g/mol. The van der Waals surface area contributed by atoms with E-state index in [4.69, 9.17) is 5.73 Å². The van der Waals surface area contributed by atoms with E-state index in [1.54, 1.807) is 22.1 Å². The standard InChI is InChI=1S/C10H8N4OS2/c11-9-7(12-13-17-9)5-14-3-1-8-6(10(14)15)2-4-16-8/h1-4H,5,11H2. The maximum atomic E-state index is 12.1. The highest BCUT2D eigenvalue weighted by Gasteiger charge is 2.08. The average Bonchev–Trinajstić information content (AvgIpc) is 2.92. The number of rotatable bonds is 2. The van der Waals surface area contributed by atoms with Crippen LogP contribution in [0.1, 0.15) is 5.69 Å². The van der Waals surface area contributed by atoms with E-state index in [2.05, 4.69) is 9.59 Å². The largest absolute Gasteiger partial charge is 0.388 e. The molecule has 0 saturated carbocycles. The summed E-state index contributed by atoms with van der Waals surface area (Å²) in [6.45, 7) is 0.368. The van der Waals surface area contributed by atoms with Crippen molar-refractivity contribution < 1.29 is 0 Å². The molecule has 0 amide bonds. The number of fused-ring (bicyclic) bond motifs is 1. The van der Waals surface area contributed by atoms with Gasteiger partial charge in [0.1, 0.15) is 10.7 Å². The summed E-state index contributed by atoms with van der Waals surface area (Å²) in [5.74, 6) is 0. The maximum absolute atomic E-state index is 12.1. The quantitative estimate of drug-likeness (QED) is 0.762. The minimum absolute atomic E-state index is 0.0175. The summed E-state index contributed by atoms with van der Waals surface area (Å²) in [6, 6.07) is 3.76. The van der Waals surface area contributed by atoms with Gasteiger partial charge in [0, 0.05) is 22.4 Å². The Morgan fingerprint density at radius 3 is 3.06 bits per heavy atom. The molecule has 2 N–H and O–H groups in total. The molecule has 0 atom stereocenters. The molecule has 3 rings (SSSR count). The second-order valence-electron chi connectivity index (χ2n) is 3.53. The van der Waals surface area contributed by atoms with Crippen LogP contribution < -0.4 is 11.3 Å². The third-order valence-corrected chi connectivity index (χ3v) is 3.98. The van der Waals surface area contributed by atoms with Gasteiger partial charge in [0.05, 0.1) is 11.9 Å². The molecule has 5 nitrogen and oxygen atoms in total. The first-order valence-corrected chi connectivity index (χ1v) is 6.54. The summed E-state index contributed by atoms with van der Waals surface area (Å²) >= 11 is 2.70. The fraction of sp³-hybridized carbons (Fsp3) is 0.100. The van der Waals surface area contributed by atoms with Crippen molar-refractivity contribution in [1.29, 1.82) is 0 Å². The fourth-order valence-corrected chi connectivity index (χ4v) is 2.83. The monoisotopic (exact) mass is 264 g/mol. The van der Waals surface area contributed by atoms with Crippen molar-refractivity contribution >= 4 is 38.0 Å². The molecule has 0 radical (unpaired) electrons. The lowest BCUT2D eigenvalue weighted by atomic mass is 10.3. The fourth-order valence-electron chi connectivity index (χ4n) is 1.62. The van der Waals surface area contributed by atoms with Gasteiger partial charge < -0.3 is 10.3 Å². The second-order valence-corrected chi connectivity index (χ2v) is 5.26. The highest BCUT2D eigenvalue weighted by atomic mass is 32.1. The Morgan fingerprint density at radius 2 is 2.29 bits per heavy atom. The van der Waals surface area contributed by atoms with Crippen molar-refractivity contribution in [2.24, 2.45) is 0 Å². The first-order valence-electron chi connectivity index (χ1n) is 4.89. The number of hydrogen-bond donors (Lipinski definition) is 1. The van der Waals surface area contributed by atoms with Crippen LogP contribution >= 0.6 is 22.9 Å². The number of thiophene rings is 1. The molecule has 0 bridgehead atoms. The van der Waals surface area contributed by atoms with E-state index in [-0.39, 0.29) is 5.56 Å². The molecule has 7 heteroatoms. The van der Waals surface area contributed by atoms with E-state index in [0.717, 1.165) is 21.6 Å². The van der Waals surface area contributed by atoms with Crippen molar-refractivity contribution in [3.05, 3.63) is 39.8 Å². The summed E-state index contributed by atoms with van der Waals surface area (Å²) < 4.78 is 6.35. The van der Waals surface area contributed by atoms with E-state index in [1.807, 2.05) is 17.5 Å². The Balaban J connectivity index is 2.09. The zero-order chi connectivity index (χ0) is 11.8. The third-order valence-electron chi connectivity index (χ3n) is 2.50. The molecular formula is C10H8N4OS2. The van der Waals surface area contributed by atoms with Crippen LogP contribution in [0.15, 0.2) is 28.5 Å². The van der Waals surface area contributed by atoms with E-state index in [9.17, 15) is 4.79 Å². The van der Waals surface area contributed by atoms with Crippen LogP contribution in [0.4, 0.5) is 5.00 Å². The number of nitrogens with two attached hydrogens (primary N) is 1. The van der Waals surface area contributed by atoms with Gasteiger partial charge >= 0.3 is 0 Å². The minimum atomic E-state index is -0.0175. The molecule has 0 unspecified atom stereocenters. The summed E-state index contributed by atoms with van der Waals surface area (Å²) in [7, 11) is 0.